The Kier molecular flexibility index (Phi) is 6.50. The van der Waals surface area contributed by atoms with Gasteiger partial charge in [0.2, 0.25) is 0 Å². The molecule has 1 unspecified atom stereocenters. The van der Waals surface area contributed by atoms with Gasteiger partial charge < -0.3 is 10.2 Å². The summed E-state index contributed by atoms with van der Waals surface area (Å²) in [6.07, 6.45) is 6.50. The van der Waals surface area contributed by atoms with Crippen LogP contribution in [-0.4, -0.2) is 37.0 Å². The zero-order valence-corrected chi connectivity index (χ0v) is 17.6. The second-order valence-electron chi connectivity index (χ2n) is 8.73. The molecule has 2 aromatic rings. The standard InChI is InChI=1S/C25H33N3O/c1-20-6-5-15-27(18-20)19-21-7-9-22(10-8-21)25(29)26-23-11-13-24(14-12-23)28-16-3-2-4-17-28/h7-14,20H,2-6,15-19H2,1H3,(H,26,29). The molecule has 0 radical (unpaired) electrons. The number of amides is 1. The Morgan fingerprint density at radius 1 is 0.931 bits per heavy atom. The van der Waals surface area contributed by atoms with Crippen molar-refractivity contribution in [1.82, 2.24) is 4.90 Å². The molecule has 1 N–H and O–H groups in total. The van der Waals surface area contributed by atoms with Crippen molar-refractivity contribution in [2.75, 3.05) is 36.4 Å². The summed E-state index contributed by atoms with van der Waals surface area (Å²) < 4.78 is 0. The number of likely N-dealkylation sites (tertiary alicyclic amines) is 1. The highest BCUT2D eigenvalue weighted by Crippen LogP contribution is 2.22. The van der Waals surface area contributed by atoms with E-state index in [1.54, 1.807) is 0 Å². The van der Waals surface area contributed by atoms with Crippen molar-refractivity contribution in [1.29, 1.82) is 0 Å². The molecule has 2 aromatic carbocycles. The van der Waals surface area contributed by atoms with Crippen molar-refractivity contribution in [3.05, 3.63) is 59.7 Å². The van der Waals surface area contributed by atoms with Crippen molar-refractivity contribution in [3.63, 3.8) is 0 Å². The molecule has 2 heterocycles. The summed E-state index contributed by atoms with van der Waals surface area (Å²) in [5.74, 6) is 0.740. The van der Waals surface area contributed by atoms with Gasteiger partial charge in [-0.15, -0.1) is 0 Å². The number of nitrogens with zero attached hydrogens (tertiary/aromatic N) is 2. The Hall–Kier alpha value is -2.33. The van der Waals surface area contributed by atoms with E-state index in [0.717, 1.165) is 31.2 Å². The lowest BCUT2D eigenvalue weighted by molar-refractivity contribution is 0.102. The molecule has 2 fully saturated rings. The largest absolute Gasteiger partial charge is 0.372 e. The lowest BCUT2D eigenvalue weighted by Crippen LogP contribution is -2.33. The fourth-order valence-corrected chi connectivity index (χ4v) is 4.56. The Bertz CT molecular complexity index is 794. The first-order valence-electron chi connectivity index (χ1n) is 11.1. The van der Waals surface area contributed by atoms with E-state index in [-0.39, 0.29) is 5.91 Å². The second kappa shape index (κ2) is 9.45. The molecule has 0 saturated carbocycles. The van der Waals surface area contributed by atoms with Crippen molar-refractivity contribution in [2.24, 2.45) is 5.92 Å². The molecule has 0 aromatic heterocycles. The van der Waals surface area contributed by atoms with Crippen molar-refractivity contribution in [3.8, 4) is 0 Å². The third kappa shape index (κ3) is 5.39. The first kappa shape index (κ1) is 20.0. The van der Waals surface area contributed by atoms with E-state index < -0.39 is 0 Å². The molecule has 1 amide bonds. The summed E-state index contributed by atoms with van der Waals surface area (Å²) in [5, 5.41) is 3.03. The van der Waals surface area contributed by atoms with E-state index in [1.165, 1.54) is 56.4 Å². The topological polar surface area (TPSA) is 35.6 Å². The van der Waals surface area contributed by atoms with Crippen LogP contribution in [0.4, 0.5) is 11.4 Å². The Labute approximate surface area is 174 Å². The van der Waals surface area contributed by atoms with E-state index in [4.69, 9.17) is 0 Å². The van der Waals surface area contributed by atoms with Gasteiger partial charge in [-0.25, -0.2) is 0 Å². The highest BCUT2D eigenvalue weighted by Gasteiger charge is 2.16. The summed E-state index contributed by atoms with van der Waals surface area (Å²) in [6.45, 7) is 7.93. The van der Waals surface area contributed by atoms with Crippen molar-refractivity contribution < 1.29 is 4.79 Å². The Morgan fingerprint density at radius 2 is 1.66 bits per heavy atom. The van der Waals surface area contributed by atoms with Crippen LogP contribution in [0, 0.1) is 5.92 Å². The fourth-order valence-electron chi connectivity index (χ4n) is 4.56. The molecule has 0 aliphatic carbocycles. The molecule has 154 valence electrons. The predicted molar refractivity (Wildman–Crippen MR) is 121 cm³/mol. The Morgan fingerprint density at radius 3 is 2.34 bits per heavy atom. The minimum absolute atomic E-state index is 0.0473. The van der Waals surface area contributed by atoms with Gasteiger partial charge in [0.05, 0.1) is 0 Å². The maximum atomic E-state index is 12.6. The molecule has 1 atom stereocenters. The van der Waals surface area contributed by atoms with Crippen LogP contribution < -0.4 is 10.2 Å². The summed E-state index contributed by atoms with van der Waals surface area (Å²) in [4.78, 5) is 17.6. The lowest BCUT2D eigenvalue weighted by Gasteiger charge is -2.30. The molecule has 2 aliphatic rings. The molecule has 2 saturated heterocycles. The number of nitrogens with one attached hydrogen (secondary N) is 1. The maximum absolute atomic E-state index is 12.6. The van der Waals surface area contributed by atoms with Gasteiger partial charge in [0, 0.05) is 43.1 Å². The minimum atomic E-state index is -0.0473. The van der Waals surface area contributed by atoms with Crippen LogP contribution >= 0.6 is 0 Å². The number of hydrogen-bond donors (Lipinski definition) is 1. The number of carbonyl (C=O) groups is 1. The lowest BCUT2D eigenvalue weighted by atomic mass is 9.99. The van der Waals surface area contributed by atoms with E-state index in [1.807, 2.05) is 24.3 Å². The molecular formula is C25H33N3O. The quantitative estimate of drug-likeness (QED) is 0.764. The van der Waals surface area contributed by atoms with Gasteiger partial charge in [0.1, 0.15) is 0 Å². The molecule has 4 nitrogen and oxygen atoms in total. The SMILES string of the molecule is CC1CCCN(Cc2ccc(C(=O)Nc3ccc(N4CCCCC4)cc3)cc2)C1. The summed E-state index contributed by atoms with van der Waals surface area (Å²) >= 11 is 0. The number of carbonyl (C=O) groups excluding carboxylic acids is 1. The Balaban J connectivity index is 1.32. The van der Waals surface area contributed by atoms with Crippen LogP contribution in [0.15, 0.2) is 48.5 Å². The molecule has 0 spiro atoms. The molecule has 0 bridgehead atoms. The van der Waals surface area contributed by atoms with E-state index in [2.05, 4.69) is 46.3 Å². The van der Waals surface area contributed by atoms with Crippen LogP contribution in [0.2, 0.25) is 0 Å². The highest BCUT2D eigenvalue weighted by molar-refractivity contribution is 6.04. The van der Waals surface area contributed by atoms with Crippen LogP contribution in [0.5, 0.6) is 0 Å². The maximum Gasteiger partial charge on any atom is 0.255 e. The highest BCUT2D eigenvalue weighted by atomic mass is 16.1. The first-order chi connectivity index (χ1) is 14.2. The van der Waals surface area contributed by atoms with Crippen molar-refractivity contribution >= 4 is 17.3 Å². The van der Waals surface area contributed by atoms with E-state index in [0.29, 0.717) is 5.56 Å². The average molecular weight is 392 g/mol. The smallest absolute Gasteiger partial charge is 0.255 e. The number of benzene rings is 2. The molecular weight excluding hydrogens is 358 g/mol. The van der Waals surface area contributed by atoms with Crippen LogP contribution in [-0.2, 0) is 6.54 Å². The van der Waals surface area contributed by atoms with Crippen molar-refractivity contribution in [2.45, 2.75) is 45.6 Å². The summed E-state index contributed by atoms with van der Waals surface area (Å²) in [7, 11) is 0. The second-order valence-corrected chi connectivity index (χ2v) is 8.73. The van der Waals surface area contributed by atoms with Gasteiger partial charge in [-0.3, -0.25) is 9.69 Å². The van der Waals surface area contributed by atoms with Gasteiger partial charge in [-0.1, -0.05) is 19.1 Å². The van der Waals surface area contributed by atoms with Crippen LogP contribution in [0.25, 0.3) is 0 Å². The van der Waals surface area contributed by atoms with Gasteiger partial charge in [-0.2, -0.15) is 0 Å². The summed E-state index contributed by atoms with van der Waals surface area (Å²) in [6, 6.07) is 16.3. The number of anilines is 2. The third-order valence-electron chi connectivity index (χ3n) is 6.21. The minimum Gasteiger partial charge on any atom is -0.372 e. The number of rotatable bonds is 5. The summed E-state index contributed by atoms with van der Waals surface area (Å²) in [5.41, 5.74) is 4.09. The average Bonchev–Trinajstić information content (AvgIpc) is 2.75. The molecule has 29 heavy (non-hydrogen) atoms. The van der Waals surface area contributed by atoms with Gasteiger partial charge >= 0.3 is 0 Å². The number of piperidine rings is 2. The zero-order valence-electron chi connectivity index (χ0n) is 17.6. The predicted octanol–water partition coefficient (Wildman–Crippen LogP) is 5.16. The van der Waals surface area contributed by atoms with E-state index in [9.17, 15) is 4.79 Å². The molecule has 4 heteroatoms. The van der Waals surface area contributed by atoms with Gasteiger partial charge in [0.15, 0.2) is 0 Å². The van der Waals surface area contributed by atoms with Crippen LogP contribution in [0.1, 0.15) is 54.9 Å². The van der Waals surface area contributed by atoms with Crippen LogP contribution in [0.3, 0.4) is 0 Å². The van der Waals surface area contributed by atoms with Gasteiger partial charge in [0.25, 0.3) is 5.91 Å². The normalized spacial score (nSPS) is 20.4. The number of hydrogen-bond acceptors (Lipinski definition) is 3. The monoisotopic (exact) mass is 391 g/mol. The first-order valence-corrected chi connectivity index (χ1v) is 11.1. The molecule has 4 rings (SSSR count). The third-order valence-corrected chi connectivity index (χ3v) is 6.21. The fraction of sp³-hybridized carbons (Fsp3) is 0.480. The van der Waals surface area contributed by atoms with Gasteiger partial charge in [-0.05, 0) is 86.5 Å². The molecule has 2 aliphatic heterocycles. The van der Waals surface area contributed by atoms with E-state index >= 15 is 0 Å². The zero-order chi connectivity index (χ0) is 20.1.